The van der Waals surface area contributed by atoms with Gasteiger partial charge in [0.25, 0.3) is 5.91 Å². The van der Waals surface area contributed by atoms with Crippen LogP contribution in [0, 0.1) is 0 Å². The molecule has 2 N–H and O–H groups in total. The zero-order valence-electron chi connectivity index (χ0n) is 21.0. The number of carbonyl (C=O) groups excluding carboxylic acids is 3. The van der Waals surface area contributed by atoms with E-state index < -0.39 is 6.16 Å². The lowest BCUT2D eigenvalue weighted by Crippen LogP contribution is -2.24. The van der Waals surface area contributed by atoms with Crippen molar-refractivity contribution in [1.82, 2.24) is 5.32 Å². The minimum atomic E-state index is -0.806. The molecule has 0 radical (unpaired) electrons. The fraction of sp³-hybridized carbons (Fsp3) is 0.250. The van der Waals surface area contributed by atoms with Crippen molar-refractivity contribution in [2.75, 3.05) is 26.1 Å². The van der Waals surface area contributed by atoms with Crippen molar-refractivity contribution in [3.8, 4) is 17.2 Å². The van der Waals surface area contributed by atoms with Crippen molar-refractivity contribution >= 4 is 23.7 Å². The molecule has 9 nitrogen and oxygen atoms in total. The minimum Gasteiger partial charge on any atom is -0.493 e. The van der Waals surface area contributed by atoms with Gasteiger partial charge >= 0.3 is 6.16 Å². The lowest BCUT2D eigenvalue weighted by atomic mass is 10.1. The number of benzene rings is 3. The van der Waals surface area contributed by atoms with E-state index in [1.54, 1.807) is 45.4 Å². The molecule has 3 aromatic carbocycles. The second kappa shape index (κ2) is 13.5. The number of para-hydroxylation sites is 1. The maximum atomic E-state index is 12.7. The van der Waals surface area contributed by atoms with Gasteiger partial charge in [-0.15, -0.1) is 0 Å². The SMILES string of the molecule is CCOC(=O)Oc1ccc(C(=O)Nc2ccccc2CNC(=O)CCc2ccc(OC)c(OC)c2)cc1. The Bertz CT molecular complexity index is 1230. The lowest BCUT2D eigenvalue weighted by molar-refractivity contribution is -0.121. The molecule has 0 aliphatic rings. The molecule has 0 unspecified atom stereocenters. The molecule has 37 heavy (non-hydrogen) atoms. The van der Waals surface area contributed by atoms with Gasteiger partial charge in [0, 0.05) is 24.2 Å². The van der Waals surface area contributed by atoms with Crippen LogP contribution in [0.3, 0.4) is 0 Å². The standard InChI is InChI=1S/C28H30N2O7/c1-4-36-28(33)37-22-13-11-20(12-14-22)27(32)30-23-8-6-5-7-21(23)18-29-26(31)16-10-19-9-15-24(34-2)25(17-19)35-3/h5-9,11-15,17H,4,10,16,18H2,1-3H3,(H,29,31)(H,30,32). The van der Waals surface area contributed by atoms with E-state index in [1.807, 2.05) is 30.3 Å². The molecule has 0 saturated heterocycles. The Morgan fingerprint density at radius 3 is 2.30 bits per heavy atom. The van der Waals surface area contributed by atoms with E-state index in [9.17, 15) is 14.4 Å². The number of carbonyl (C=O) groups is 3. The van der Waals surface area contributed by atoms with Crippen LogP contribution in [-0.2, 0) is 22.5 Å². The van der Waals surface area contributed by atoms with E-state index in [4.69, 9.17) is 18.9 Å². The number of aryl methyl sites for hydroxylation is 1. The summed E-state index contributed by atoms with van der Waals surface area (Å²) < 4.78 is 20.3. The van der Waals surface area contributed by atoms with Crippen LogP contribution in [0.5, 0.6) is 17.2 Å². The van der Waals surface area contributed by atoms with E-state index in [1.165, 1.54) is 12.1 Å². The molecule has 2 amide bonds. The topological polar surface area (TPSA) is 112 Å². The highest BCUT2D eigenvalue weighted by Crippen LogP contribution is 2.28. The summed E-state index contributed by atoms with van der Waals surface area (Å²) in [6, 6.07) is 18.9. The molecule has 3 aromatic rings. The van der Waals surface area contributed by atoms with Crippen molar-refractivity contribution in [2.24, 2.45) is 0 Å². The average molecular weight is 507 g/mol. The molecule has 0 aliphatic carbocycles. The zero-order valence-corrected chi connectivity index (χ0v) is 21.0. The molecule has 0 aromatic heterocycles. The van der Waals surface area contributed by atoms with Gasteiger partial charge in [-0.25, -0.2) is 4.79 Å². The monoisotopic (exact) mass is 506 g/mol. The van der Waals surface area contributed by atoms with Crippen molar-refractivity contribution in [2.45, 2.75) is 26.3 Å². The maximum absolute atomic E-state index is 12.7. The third kappa shape index (κ3) is 7.99. The number of anilines is 1. The summed E-state index contributed by atoms with van der Waals surface area (Å²) in [5, 5.41) is 5.77. The van der Waals surface area contributed by atoms with Crippen LogP contribution in [-0.4, -0.2) is 38.8 Å². The first kappa shape index (κ1) is 27.1. The molecular formula is C28H30N2O7. The Kier molecular flexibility index (Phi) is 9.90. The summed E-state index contributed by atoms with van der Waals surface area (Å²) in [5.74, 6) is 1.07. The molecular weight excluding hydrogens is 476 g/mol. The number of ether oxygens (including phenoxy) is 4. The highest BCUT2D eigenvalue weighted by Gasteiger charge is 2.12. The van der Waals surface area contributed by atoms with E-state index in [0.29, 0.717) is 35.6 Å². The van der Waals surface area contributed by atoms with E-state index >= 15 is 0 Å². The van der Waals surface area contributed by atoms with Crippen LogP contribution in [0.4, 0.5) is 10.5 Å². The first-order chi connectivity index (χ1) is 17.9. The summed E-state index contributed by atoms with van der Waals surface area (Å²) in [6.07, 6.45) is 0.0319. The van der Waals surface area contributed by atoms with Crippen LogP contribution in [0.25, 0.3) is 0 Å². The van der Waals surface area contributed by atoms with Gasteiger partial charge in [0.1, 0.15) is 5.75 Å². The quantitative estimate of drug-likeness (QED) is 0.285. The Balaban J connectivity index is 1.54. The normalized spacial score (nSPS) is 10.2. The Morgan fingerprint density at radius 1 is 0.865 bits per heavy atom. The van der Waals surface area contributed by atoms with Gasteiger partial charge < -0.3 is 29.6 Å². The van der Waals surface area contributed by atoms with E-state index in [2.05, 4.69) is 10.6 Å². The van der Waals surface area contributed by atoms with Gasteiger partial charge in [0.2, 0.25) is 5.91 Å². The first-order valence-electron chi connectivity index (χ1n) is 11.7. The second-order valence-corrected chi connectivity index (χ2v) is 7.89. The summed E-state index contributed by atoms with van der Waals surface area (Å²) in [5.41, 5.74) is 2.68. The van der Waals surface area contributed by atoms with Crippen LogP contribution >= 0.6 is 0 Å². The number of hydrogen-bond acceptors (Lipinski definition) is 7. The molecule has 9 heteroatoms. The molecule has 0 spiro atoms. The Morgan fingerprint density at radius 2 is 1.59 bits per heavy atom. The molecule has 194 valence electrons. The van der Waals surface area contributed by atoms with Crippen LogP contribution in [0.15, 0.2) is 66.7 Å². The van der Waals surface area contributed by atoms with Crippen LogP contribution in [0.1, 0.15) is 34.8 Å². The maximum Gasteiger partial charge on any atom is 0.513 e. The predicted octanol–water partition coefficient (Wildman–Crippen LogP) is 4.74. The number of nitrogens with one attached hydrogen (secondary N) is 2. The third-order valence-corrected chi connectivity index (χ3v) is 5.41. The minimum absolute atomic E-state index is 0.117. The Labute approximate surface area is 215 Å². The smallest absolute Gasteiger partial charge is 0.493 e. The molecule has 0 atom stereocenters. The van der Waals surface area contributed by atoms with Gasteiger partial charge in [0.15, 0.2) is 11.5 Å². The van der Waals surface area contributed by atoms with Crippen LogP contribution < -0.4 is 24.8 Å². The first-order valence-corrected chi connectivity index (χ1v) is 11.7. The van der Waals surface area contributed by atoms with Crippen LogP contribution in [0.2, 0.25) is 0 Å². The highest BCUT2D eigenvalue weighted by atomic mass is 16.7. The molecule has 3 rings (SSSR count). The van der Waals surface area contributed by atoms with Crippen molar-refractivity contribution in [3.05, 3.63) is 83.4 Å². The molecule has 0 saturated carbocycles. The third-order valence-electron chi connectivity index (χ3n) is 5.41. The zero-order chi connectivity index (χ0) is 26.6. The van der Waals surface area contributed by atoms with Gasteiger partial charge in [0.05, 0.1) is 20.8 Å². The van der Waals surface area contributed by atoms with Crippen molar-refractivity contribution in [3.63, 3.8) is 0 Å². The predicted molar refractivity (Wildman–Crippen MR) is 138 cm³/mol. The van der Waals surface area contributed by atoms with Crippen molar-refractivity contribution in [1.29, 1.82) is 0 Å². The number of amides is 2. The number of methoxy groups -OCH3 is 2. The summed E-state index contributed by atoms with van der Waals surface area (Å²) in [4.78, 5) is 36.6. The highest BCUT2D eigenvalue weighted by molar-refractivity contribution is 6.04. The lowest BCUT2D eigenvalue weighted by Gasteiger charge is -2.13. The number of hydrogen-bond donors (Lipinski definition) is 2. The summed E-state index contributed by atoms with van der Waals surface area (Å²) in [7, 11) is 3.14. The van der Waals surface area contributed by atoms with Crippen molar-refractivity contribution < 1.29 is 33.3 Å². The van der Waals surface area contributed by atoms with E-state index in [0.717, 1.165) is 11.1 Å². The van der Waals surface area contributed by atoms with Gasteiger partial charge in [-0.2, -0.15) is 0 Å². The summed E-state index contributed by atoms with van der Waals surface area (Å²) >= 11 is 0. The van der Waals surface area contributed by atoms with Gasteiger partial charge in [-0.1, -0.05) is 24.3 Å². The molecule has 0 aliphatic heterocycles. The summed E-state index contributed by atoms with van der Waals surface area (Å²) in [6.45, 7) is 2.14. The van der Waals surface area contributed by atoms with E-state index in [-0.39, 0.29) is 30.7 Å². The molecule has 0 bridgehead atoms. The fourth-order valence-corrected chi connectivity index (χ4v) is 3.48. The average Bonchev–Trinajstić information content (AvgIpc) is 2.91. The Hall–Kier alpha value is -4.53. The van der Waals surface area contributed by atoms with Gasteiger partial charge in [-0.3, -0.25) is 9.59 Å². The number of rotatable bonds is 11. The van der Waals surface area contributed by atoms with Gasteiger partial charge in [-0.05, 0) is 66.9 Å². The fourth-order valence-electron chi connectivity index (χ4n) is 3.48. The second-order valence-electron chi connectivity index (χ2n) is 7.89. The largest absolute Gasteiger partial charge is 0.513 e. The molecule has 0 heterocycles. The molecule has 0 fully saturated rings.